The molecule has 0 saturated carbocycles. The topological polar surface area (TPSA) is 67.4 Å². The predicted octanol–water partition coefficient (Wildman–Crippen LogP) is 4.32. The second kappa shape index (κ2) is 9.76. The Hall–Kier alpha value is -2.82. The second-order valence-corrected chi connectivity index (χ2v) is 6.65. The Bertz CT molecular complexity index is 771. The number of nitrogens with one attached hydrogen (secondary N) is 2. The number of rotatable bonds is 8. The van der Waals surface area contributed by atoms with Crippen molar-refractivity contribution < 1.29 is 14.3 Å². The van der Waals surface area contributed by atoms with E-state index in [0.29, 0.717) is 23.4 Å². The Morgan fingerprint density at radius 3 is 2.30 bits per heavy atom. The average molecular weight is 368 g/mol. The molecule has 2 aromatic rings. The summed E-state index contributed by atoms with van der Waals surface area (Å²) in [6.45, 7) is 7.84. The molecular weight excluding hydrogens is 340 g/mol. The van der Waals surface area contributed by atoms with Crippen molar-refractivity contribution in [2.24, 2.45) is 0 Å². The zero-order chi connectivity index (χ0) is 19.8. The molecule has 0 aliphatic carbocycles. The number of hydrogen-bond donors (Lipinski definition) is 2. The molecule has 144 valence electrons. The van der Waals surface area contributed by atoms with E-state index in [9.17, 15) is 9.59 Å². The minimum Gasteiger partial charge on any atom is -0.481 e. The molecule has 0 aromatic heterocycles. The number of carbonyl (C=O) groups excluding carboxylic acids is 2. The Balaban J connectivity index is 2.11. The molecule has 0 bridgehead atoms. The first-order valence-corrected chi connectivity index (χ1v) is 9.38. The van der Waals surface area contributed by atoms with E-state index in [1.165, 1.54) is 0 Å². The number of para-hydroxylation sites is 1. The molecule has 0 saturated heterocycles. The molecule has 0 radical (unpaired) electrons. The Morgan fingerprint density at radius 1 is 1.00 bits per heavy atom. The lowest BCUT2D eigenvalue weighted by Crippen LogP contribution is -2.35. The molecule has 0 unspecified atom stereocenters. The lowest BCUT2D eigenvalue weighted by molar-refractivity contribution is -0.122. The summed E-state index contributed by atoms with van der Waals surface area (Å²) in [6, 6.07) is 14.6. The summed E-state index contributed by atoms with van der Waals surface area (Å²) >= 11 is 0. The van der Waals surface area contributed by atoms with Crippen LogP contribution in [0.1, 0.15) is 49.5 Å². The van der Waals surface area contributed by atoms with Crippen LogP contribution < -0.4 is 15.4 Å². The molecule has 0 fully saturated rings. The molecule has 0 aliphatic heterocycles. The maximum absolute atomic E-state index is 12.7. The van der Waals surface area contributed by atoms with Crippen molar-refractivity contribution in [1.29, 1.82) is 0 Å². The van der Waals surface area contributed by atoms with Crippen LogP contribution >= 0.6 is 0 Å². The van der Waals surface area contributed by atoms with Crippen molar-refractivity contribution in [2.75, 3.05) is 5.32 Å². The second-order valence-electron chi connectivity index (χ2n) is 6.65. The van der Waals surface area contributed by atoms with Crippen molar-refractivity contribution in [3.63, 3.8) is 0 Å². The van der Waals surface area contributed by atoms with Gasteiger partial charge in [-0.15, -0.1) is 0 Å². The number of hydrogen-bond acceptors (Lipinski definition) is 3. The molecule has 2 N–H and O–H groups in total. The van der Waals surface area contributed by atoms with Crippen molar-refractivity contribution in [2.45, 2.75) is 52.7 Å². The van der Waals surface area contributed by atoms with Gasteiger partial charge in [0.25, 0.3) is 11.8 Å². The van der Waals surface area contributed by atoms with Gasteiger partial charge >= 0.3 is 0 Å². The van der Waals surface area contributed by atoms with Gasteiger partial charge in [-0.05, 0) is 51.0 Å². The maximum atomic E-state index is 12.7. The highest BCUT2D eigenvalue weighted by Gasteiger charge is 2.21. The van der Waals surface area contributed by atoms with Gasteiger partial charge in [0.05, 0.1) is 11.3 Å². The minimum atomic E-state index is -0.640. The van der Waals surface area contributed by atoms with Crippen LogP contribution in [0.3, 0.4) is 0 Å². The van der Waals surface area contributed by atoms with Gasteiger partial charge in [-0.2, -0.15) is 0 Å². The van der Waals surface area contributed by atoms with Gasteiger partial charge in [0.15, 0.2) is 6.10 Å². The number of amides is 2. The molecule has 27 heavy (non-hydrogen) atoms. The van der Waals surface area contributed by atoms with Crippen LogP contribution in [0.25, 0.3) is 0 Å². The third-order valence-corrected chi connectivity index (χ3v) is 4.38. The summed E-state index contributed by atoms with van der Waals surface area (Å²) in [5, 5.41) is 5.77. The third kappa shape index (κ3) is 5.84. The van der Waals surface area contributed by atoms with Gasteiger partial charge in [-0.25, -0.2) is 0 Å². The van der Waals surface area contributed by atoms with Crippen LogP contribution in [-0.2, 0) is 4.79 Å². The van der Waals surface area contributed by atoms with Crippen LogP contribution in [-0.4, -0.2) is 24.0 Å². The van der Waals surface area contributed by atoms with E-state index in [1.807, 2.05) is 52.0 Å². The van der Waals surface area contributed by atoms with E-state index in [4.69, 9.17) is 4.74 Å². The minimum absolute atomic E-state index is 0.0644. The van der Waals surface area contributed by atoms with E-state index in [0.717, 1.165) is 12.0 Å². The van der Waals surface area contributed by atoms with Gasteiger partial charge in [0, 0.05) is 6.04 Å². The van der Waals surface area contributed by atoms with Crippen LogP contribution in [0.15, 0.2) is 48.5 Å². The van der Waals surface area contributed by atoms with Gasteiger partial charge in [-0.1, -0.05) is 43.7 Å². The average Bonchev–Trinajstić information content (AvgIpc) is 2.67. The van der Waals surface area contributed by atoms with Gasteiger partial charge in [0.1, 0.15) is 5.75 Å². The van der Waals surface area contributed by atoms with Gasteiger partial charge in [0.2, 0.25) is 0 Å². The fourth-order valence-corrected chi connectivity index (χ4v) is 2.51. The highest BCUT2D eigenvalue weighted by Crippen LogP contribution is 2.19. The number of aryl methyl sites for hydroxylation is 1. The maximum Gasteiger partial charge on any atom is 0.265 e. The molecule has 0 heterocycles. The van der Waals surface area contributed by atoms with E-state index < -0.39 is 6.10 Å². The Labute approximate surface area is 161 Å². The normalized spacial score (nSPS) is 12.7. The number of carbonyl (C=O) groups is 2. The molecule has 2 aromatic carbocycles. The molecule has 0 aliphatic rings. The highest BCUT2D eigenvalue weighted by atomic mass is 16.5. The molecule has 0 spiro atoms. The van der Waals surface area contributed by atoms with E-state index in [-0.39, 0.29) is 17.9 Å². The number of benzene rings is 2. The first-order valence-electron chi connectivity index (χ1n) is 9.38. The summed E-state index contributed by atoms with van der Waals surface area (Å²) in [7, 11) is 0. The SMILES string of the molecule is CC[C@@H](C)NC(=O)c1ccccc1NC(=O)[C@@H](CC)Oc1ccc(C)cc1. The summed E-state index contributed by atoms with van der Waals surface area (Å²) in [5.74, 6) is 0.167. The predicted molar refractivity (Wildman–Crippen MR) is 108 cm³/mol. The van der Waals surface area contributed by atoms with Gasteiger partial charge < -0.3 is 15.4 Å². The largest absolute Gasteiger partial charge is 0.481 e. The Kier molecular flexibility index (Phi) is 7.41. The molecule has 2 atom stereocenters. The van der Waals surface area contributed by atoms with Crippen molar-refractivity contribution in [1.82, 2.24) is 5.32 Å². The van der Waals surface area contributed by atoms with Crippen molar-refractivity contribution in [3.8, 4) is 5.75 Å². The van der Waals surface area contributed by atoms with E-state index in [1.54, 1.807) is 24.3 Å². The molecule has 2 rings (SSSR count). The monoisotopic (exact) mass is 368 g/mol. The van der Waals surface area contributed by atoms with E-state index >= 15 is 0 Å². The summed E-state index contributed by atoms with van der Waals surface area (Å²) in [5.41, 5.74) is 2.05. The summed E-state index contributed by atoms with van der Waals surface area (Å²) in [4.78, 5) is 25.2. The lowest BCUT2D eigenvalue weighted by atomic mass is 10.1. The quantitative estimate of drug-likeness (QED) is 0.729. The lowest BCUT2D eigenvalue weighted by Gasteiger charge is -2.19. The molecular formula is C22H28N2O3. The van der Waals surface area contributed by atoms with E-state index in [2.05, 4.69) is 10.6 Å². The highest BCUT2D eigenvalue weighted by molar-refractivity contribution is 6.04. The number of anilines is 1. The zero-order valence-electron chi connectivity index (χ0n) is 16.4. The molecule has 2 amide bonds. The zero-order valence-corrected chi connectivity index (χ0v) is 16.4. The van der Waals surface area contributed by atoms with Crippen LogP contribution in [0.2, 0.25) is 0 Å². The van der Waals surface area contributed by atoms with Crippen LogP contribution in [0.4, 0.5) is 5.69 Å². The molecule has 5 nitrogen and oxygen atoms in total. The fraction of sp³-hybridized carbons (Fsp3) is 0.364. The standard InChI is InChI=1S/C22H28N2O3/c1-5-16(4)23-21(25)18-9-7-8-10-19(18)24-22(26)20(6-2)27-17-13-11-15(3)12-14-17/h7-14,16,20H,5-6H2,1-4H3,(H,23,25)(H,24,26)/t16-,20-/m1/s1. The van der Waals surface area contributed by atoms with Crippen molar-refractivity contribution in [3.05, 3.63) is 59.7 Å². The van der Waals surface area contributed by atoms with Crippen LogP contribution in [0, 0.1) is 6.92 Å². The smallest absolute Gasteiger partial charge is 0.265 e. The number of ether oxygens (including phenoxy) is 1. The fourth-order valence-electron chi connectivity index (χ4n) is 2.51. The third-order valence-electron chi connectivity index (χ3n) is 4.38. The first kappa shape index (κ1) is 20.5. The first-order chi connectivity index (χ1) is 12.9. The molecule has 5 heteroatoms. The Morgan fingerprint density at radius 2 is 1.67 bits per heavy atom. The van der Waals surface area contributed by atoms with Crippen LogP contribution in [0.5, 0.6) is 5.75 Å². The van der Waals surface area contributed by atoms with Gasteiger partial charge in [-0.3, -0.25) is 9.59 Å². The summed E-state index contributed by atoms with van der Waals surface area (Å²) < 4.78 is 5.82. The summed E-state index contributed by atoms with van der Waals surface area (Å²) in [6.07, 6.45) is 0.710. The van der Waals surface area contributed by atoms with Crippen molar-refractivity contribution >= 4 is 17.5 Å².